The van der Waals surface area contributed by atoms with Gasteiger partial charge in [0.15, 0.2) is 0 Å². The Labute approximate surface area is 129 Å². The Bertz CT molecular complexity index is 756. The van der Waals surface area contributed by atoms with Crippen molar-refractivity contribution in [2.24, 2.45) is 0 Å². The zero-order valence-corrected chi connectivity index (χ0v) is 13.0. The third kappa shape index (κ3) is 2.77. The van der Waals surface area contributed by atoms with Crippen molar-refractivity contribution in [2.45, 2.75) is 26.2 Å². The lowest BCUT2D eigenvalue weighted by Crippen LogP contribution is -2.02. The number of hydrogen-bond donors (Lipinski definition) is 0. The van der Waals surface area contributed by atoms with Crippen LogP contribution < -0.4 is 0 Å². The van der Waals surface area contributed by atoms with Crippen LogP contribution in [0.3, 0.4) is 0 Å². The number of unbranched alkanes of at least 4 members (excludes halogenated alkanes) is 1. The zero-order chi connectivity index (χ0) is 14.7. The van der Waals surface area contributed by atoms with Gasteiger partial charge in [0.25, 0.3) is 0 Å². The lowest BCUT2D eigenvalue weighted by molar-refractivity contribution is 0.104. The van der Waals surface area contributed by atoms with Crippen LogP contribution in [0.4, 0.5) is 0 Å². The summed E-state index contributed by atoms with van der Waals surface area (Å²) in [5, 5.41) is 1.25. The van der Waals surface area contributed by atoms with Gasteiger partial charge in [0, 0.05) is 10.3 Å². The molecule has 0 fully saturated rings. The van der Waals surface area contributed by atoms with E-state index in [1.807, 2.05) is 36.4 Å². The van der Waals surface area contributed by atoms with Gasteiger partial charge in [-0.15, -0.1) is 11.3 Å². The quantitative estimate of drug-likeness (QED) is 0.570. The van der Waals surface area contributed by atoms with Gasteiger partial charge < -0.3 is 0 Å². The van der Waals surface area contributed by atoms with Crippen LogP contribution >= 0.6 is 11.3 Å². The van der Waals surface area contributed by atoms with Gasteiger partial charge in [0.05, 0.1) is 4.88 Å². The second-order valence-corrected chi connectivity index (χ2v) is 6.26. The number of ketones is 1. The van der Waals surface area contributed by atoms with E-state index in [0.717, 1.165) is 29.7 Å². The lowest BCUT2D eigenvalue weighted by Gasteiger charge is -2.04. The number of thiophene rings is 1. The summed E-state index contributed by atoms with van der Waals surface area (Å²) in [4.78, 5) is 13.7. The topological polar surface area (TPSA) is 17.1 Å². The van der Waals surface area contributed by atoms with Gasteiger partial charge in [0.1, 0.15) is 0 Å². The molecule has 2 heteroatoms. The van der Waals surface area contributed by atoms with Gasteiger partial charge in [-0.2, -0.15) is 0 Å². The van der Waals surface area contributed by atoms with Crippen LogP contribution in [-0.4, -0.2) is 5.78 Å². The highest BCUT2D eigenvalue weighted by atomic mass is 32.1. The Hall–Kier alpha value is -1.93. The van der Waals surface area contributed by atoms with E-state index in [4.69, 9.17) is 0 Å². The summed E-state index contributed by atoms with van der Waals surface area (Å²) in [6, 6.07) is 17.9. The molecule has 3 rings (SSSR count). The molecule has 1 heterocycles. The predicted octanol–water partition coefficient (Wildman–Crippen LogP) is 5.47. The highest BCUT2D eigenvalue weighted by molar-refractivity contribution is 7.21. The van der Waals surface area contributed by atoms with Crippen LogP contribution in [0.2, 0.25) is 0 Å². The van der Waals surface area contributed by atoms with Crippen LogP contribution in [-0.2, 0) is 6.42 Å². The molecule has 0 atom stereocenters. The molecule has 0 N–H and O–H groups in total. The van der Waals surface area contributed by atoms with Crippen LogP contribution in [0.15, 0.2) is 54.6 Å². The summed E-state index contributed by atoms with van der Waals surface area (Å²) < 4.78 is 1.21. The van der Waals surface area contributed by atoms with Gasteiger partial charge in [-0.25, -0.2) is 0 Å². The fourth-order valence-electron chi connectivity index (χ4n) is 2.60. The van der Waals surface area contributed by atoms with E-state index < -0.39 is 0 Å². The van der Waals surface area contributed by atoms with E-state index >= 15 is 0 Å². The second-order valence-electron chi connectivity index (χ2n) is 5.20. The molecule has 1 nitrogen and oxygen atoms in total. The van der Waals surface area contributed by atoms with Crippen molar-refractivity contribution in [2.75, 3.05) is 0 Å². The monoisotopic (exact) mass is 294 g/mol. The Morgan fingerprint density at radius 3 is 2.48 bits per heavy atom. The van der Waals surface area contributed by atoms with Crippen molar-refractivity contribution in [1.29, 1.82) is 0 Å². The van der Waals surface area contributed by atoms with Crippen LogP contribution in [0.25, 0.3) is 10.1 Å². The molecule has 0 radical (unpaired) electrons. The average Bonchev–Trinajstić information content (AvgIpc) is 2.91. The number of aryl methyl sites for hydroxylation is 1. The Morgan fingerprint density at radius 2 is 1.71 bits per heavy atom. The maximum atomic E-state index is 12.8. The van der Waals surface area contributed by atoms with Crippen LogP contribution in [0.1, 0.15) is 40.6 Å². The highest BCUT2D eigenvalue weighted by Crippen LogP contribution is 2.33. The standard InChI is InChI=1S/C19H18OS/c1-2-3-11-16-15-12-7-8-13-17(15)21-19(16)18(20)14-9-5-4-6-10-14/h4-10,12-13H,2-3,11H2,1H3. The number of benzene rings is 2. The molecule has 3 aromatic rings. The molecule has 2 aromatic carbocycles. The number of fused-ring (bicyclic) bond motifs is 1. The Morgan fingerprint density at radius 1 is 1.00 bits per heavy atom. The average molecular weight is 294 g/mol. The van der Waals surface area contributed by atoms with Crippen molar-refractivity contribution in [3.05, 3.63) is 70.6 Å². The normalized spacial score (nSPS) is 10.9. The van der Waals surface area contributed by atoms with Gasteiger partial charge >= 0.3 is 0 Å². The van der Waals surface area contributed by atoms with E-state index in [1.54, 1.807) is 11.3 Å². The first-order chi connectivity index (χ1) is 10.3. The number of hydrogen-bond acceptors (Lipinski definition) is 2. The molecule has 0 aliphatic carbocycles. The van der Waals surface area contributed by atoms with Gasteiger partial charge in [-0.3, -0.25) is 4.79 Å². The van der Waals surface area contributed by atoms with Gasteiger partial charge in [-0.05, 0) is 29.9 Å². The van der Waals surface area contributed by atoms with E-state index in [1.165, 1.54) is 15.6 Å². The molecule has 0 aliphatic rings. The predicted molar refractivity (Wildman–Crippen MR) is 90.3 cm³/mol. The fourth-order valence-corrected chi connectivity index (χ4v) is 3.82. The Kier molecular flexibility index (Phi) is 4.16. The van der Waals surface area contributed by atoms with Crippen molar-refractivity contribution in [1.82, 2.24) is 0 Å². The van der Waals surface area contributed by atoms with Crippen molar-refractivity contribution in [3.63, 3.8) is 0 Å². The molecule has 0 unspecified atom stereocenters. The molecular formula is C19H18OS. The molecular weight excluding hydrogens is 276 g/mol. The zero-order valence-electron chi connectivity index (χ0n) is 12.1. The molecule has 0 saturated heterocycles. The summed E-state index contributed by atoms with van der Waals surface area (Å²) in [5.74, 6) is 0.155. The second kappa shape index (κ2) is 6.23. The SMILES string of the molecule is CCCCc1c(C(=O)c2ccccc2)sc2ccccc12. The van der Waals surface area contributed by atoms with E-state index in [0.29, 0.717) is 0 Å². The van der Waals surface area contributed by atoms with E-state index in [2.05, 4.69) is 25.1 Å². The highest BCUT2D eigenvalue weighted by Gasteiger charge is 2.18. The maximum Gasteiger partial charge on any atom is 0.203 e. The summed E-state index contributed by atoms with van der Waals surface area (Å²) >= 11 is 1.63. The summed E-state index contributed by atoms with van der Waals surface area (Å²) in [7, 11) is 0. The molecule has 106 valence electrons. The largest absolute Gasteiger partial charge is 0.288 e. The first-order valence-electron chi connectivity index (χ1n) is 7.41. The summed E-state index contributed by atoms with van der Waals surface area (Å²) in [5.41, 5.74) is 2.01. The van der Waals surface area contributed by atoms with Crippen LogP contribution in [0, 0.1) is 0 Å². The fraction of sp³-hybridized carbons (Fsp3) is 0.211. The van der Waals surface area contributed by atoms with Crippen LogP contribution in [0.5, 0.6) is 0 Å². The van der Waals surface area contributed by atoms with E-state index in [9.17, 15) is 4.79 Å². The minimum Gasteiger partial charge on any atom is -0.288 e. The van der Waals surface area contributed by atoms with Crippen molar-refractivity contribution in [3.8, 4) is 0 Å². The van der Waals surface area contributed by atoms with Gasteiger partial charge in [0.2, 0.25) is 5.78 Å². The number of carbonyl (C=O) groups is 1. The minimum absolute atomic E-state index is 0.155. The third-order valence-corrected chi connectivity index (χ3v) is 4.93. The molecule has 21 heavy (non-hydrogen) atoms. The molecule has 1 aromatic heterocycles. The summed E-state index contributed by atoms with van der Waals surface area (Å²) in [6.07, 6.45) is 3.24. The number of carbonyl (C=O) groups excluding carboxylic acids is 1. The summed E-state index contributed by atoms with van der Waals surface area (Å²) in [6.45, 7) is 2.19. The molecule has 0 amide bonds. The van der Waals surface area contributed by atoms with E-state index in [-0.39, 0.29) is 5.78 Å². The smallest absolute Gasteiger partial charge is 0.203 e. The van der Waals surface area contributed by atoms with Gasteiger partial charge in [-0.1, -0.05) is 61.9 Å². The lowest BCUT2D eigenvalue weighted by atomic mass is 10.0. The molecule has 0 saturated carbocycles. The van der Waals surface area contributed by atoms with Crippen molar-refractivity contribution < 1.29 is 4.79 Å². The molecule has 0 spiro atoms. The maximum absolute atomic E-state index is 12.8. The molecule has 0 aliphatic heterocycles. The van der Waals surface area contributed by atoms with Crippen molar-refractivity contribution >= 4 is 27.2 Å². The molecule has 0 bridgehead atoms. The first-order valence-corrected chi connectivity index (χ1v) is 8.23. The number of rotatable bonds is 5. The minimum atomic E-state index is 0.155. The Balaban J connectivity index is 2.10. The third-order valence-electron chi connectivity index (χ3n) is 3.72. The first kappa shape index (κ1) is 14.0.